The Morgan fingerprint density at radius 2 is 2.05 bits per heavy atom. The van der Waals surface area contributed by atoms with Crippen LogP contribution in [-0.2, 0) is 19.9 Å². The van der Waals surface area contributed by atoms with E-state index in [2.05, 4.69) is 24.9 Å². The number of aromatic hydroxyl groups is 1. The Morgan fingerprint density at radius 1 is 1.26 bits per heavy atom. The number of aliphatic imine (C=N–C) groups is 1. The van der Waals surface area contributed by atoms with Gasteiger partial charge in [-0.15, -0.1) is 22.0 Å². The number of rotatable bonds is 8. The number of carbonyl (C=O) groups is 3. The van der Waals surface area contributed by atoms with E-state index in [0.717, 1.165) is 29.0 Å². The number of nitrogens with zero attached hydrogens (tertiary/aromatic N) is 5. The molecule has 0 spiro atoms. The van der Waals surface area contributed by atoms with E-state index in [0.29, 0.717) is 34.0 Å². The molecule has 2 N–H and O–H groups in total. The summed E-state index contributed by atoms with van der Waals surface area (Å²) in [7, 11) is 1.20. The van der Waals surface area contributed by atoms with Gasteiger partial charge in [0.2, 0.25) is 11.0 Å². The minimum atomic E-state index is -1.06. The van der Waals surface area contributed by atoms with Crippen LogP contribution in [0.1, 0.15) is 36.7 Å². The zero-order valence-electron chi connectivity index (χ0n) is 22.9. The third-order valence-corrected chi connectivity index (χ3v) is 8.33. The second-order valence-electron chi connectivity index (χ2n) is 9.61. The molecule has 0 fully saturated rings. The van der Waals surface area contributed by atoms with Crippen LogP contribution in [0.4, 0.5) is 5.69 Å². The van der Waals surface area contributed by atoms with Crippen LogP contribution < -0.4 is 4.74 Å². The number of hydrogen-bond acceptors (Lipinski definition) is 11. The van der Waals surface area contributed by atoms with Crippen LogP contribution in [0.3, 0.4) is 0 Å². The first-order valence-electron chi connectivity index (χ1n) is 12.6. The lowest BCUT2D eigenvalue weighted by atomic mass is 9.91. The maximum atomic E-state index is 12.2. The zero-order chi connectivity index (χ0) is 30.2. The summed E-state index contributed by atoms with van der Waals surface area (Å²) in [6.07, 6.45) is 4.58. The normalized spacial score (nSPS) is 16.7. The van der Waals surface area contributed by atoms with Gasteiger partial charge in [0, 0.05) is 29.0 Å². The molecule has 4 heterocycles. The molecule has 2 aliphatic heterocycles. The van der Waals surface area contributed by atoms with E-state index in [9.17, 15) is 24.6 Å². The fourth-order valence-electron chi connectivity index (χ4n) is 4.72. The Labute approximate surface area is 248 Å². The van der Waals surface area contributed by atoms with E-state index in [1.807, 2.05) is 32.9 Å². The molecule has 0 bridgehead atoms. The summed E-state index contributed by atoms with van der Waals surface area (Å²) in [5.74, 6) is -1.60. The molecule has 2 aliphatic rings. The van der Waals surface area contributed by atoms with Crippen molar-refractivity contribution in [3.63, 3.8) is 0 Å². The smallest absolute Gasteiger partial charge is 0.338 e. The van der Waals surface area contributed by atoms with Gasteiger partial charge in [0.05, 0.1) is 35.2 Å². The number of benzene rings is 1. The molecular formula is C28H25N5O7S2. The average molecular weight is 608 g/mol. The van der Waals surface area contributed by atoms with Crippen molar-refractivity contribution in [1.82, 2.24) is 9.55 Å². The molecule has 0 unspecified atom stereocenters. The maximum absolute atomic E-state index is 12.2. The van der Waals surface area contributed by atoms with Gasteiger partial charge in [-0.3, -0.25) is 4.79 Å². The number of azo groups is 1. The first-order valence-corrected chi connectivity index (χ1v) is 14.4. The molecule has 0 radical (unpaired) electrons. The van der Waals surface area contributed by atoms with E-state index < -0.39 is 23.4 Å². The van der Waals surface area contributed by atoms with Crippen LogP contribution in [0.15, 0.2) is 67.8 Å². The van der Waals surface area contributed by atoms with E-state index in [-0.39, 0.29) is 27.2 Å². The molecule has 3 aromatic rings. The lowest BCUT2D eigenvalue weighted by Gasteiger charge is -2.32. The topological polar surface area (TPSA) is 165 Å². The standard InChI is InChI=1S/C28H25N5O7S2/c1-5-40-15-9-17-14(13-41-24-16(26(37)38)7-6-8-29-24)12-28(2,3)33-22(17)18(10-15)21(25(33)36)31-32-27-30-23(35)19(42-27)11-20(34)39-4/h6-12,36H,5,13H2,1-4H3,(H,37,38). The molecule has 2 aromatic heterocycles. The monoisotopic (exact) mass is 607 g/mol. The second kappa shape index (κ2) is 11.4. The minimum Gasteiger partial charge on any atom is -0.494 e. The quantitative estimate of drug-likeness (QED) is 0.144. The number of carboxylic acids is 1. The van der Waals surface area contributed by atoms with Crippen LogP contribution in [0.25, 0.3) is 16.5 Å². The summed E-state index contributed by atoms with van der Waals surface area (Å²) in [6.45, 7) is 6.11. The van der Waals surface area contributed by atoms with Crippen molar-refractivity contribution in [3.05, 3.63) is 58.6 Å². The molecule has 14 heteroatoms. The second-order valence-corrected chi connectivity index (χ2v) is 11.6. The van der Waals surface area contributed by atoms with Gasteiger partial charge in [0.1, 0.15) is 10.8 Å². The van der Waals surface area contributed by atoms with E-state index in [4.69, 9.17) is 4.74 Å². The molecule has 1 aromatic carbocycles. The Morgan fingerprint density at radius 3 is 2.76 bits per heavy atom. The number of amidine groups is 1. The van der Waals surface area contributed by atoms with E-state index in [1.54, 1.807) is 22.9 Å². The number of esters is 1. The Kier molecular flexibility index (Phi) is 7.93. The number of ether oxygens (including phenoxy) is 2. The van der Waals surface area contributed by atoms with Gasteiger partial charge in [0.25, 0.3) is 5.91 Å². The van der Waals surface area contributed by atoms with Gasteiger partial charge in [-0.2, -0.15) is 4.99 Å². The first kappa shape index (κ1) is 29.1. The number of carboxylic acid groups (broad SMARTS) is 1. The van der Waals surface area contributed by atoms with Crippen LogP contribution in [0, 0.1) is 0 Å². The van der Waals surface area contributed by atoms with Crippen molar-refractivity contribution in [2.75, 3.05) is 19.5 Å². The fourth-order valence-corrected chi connectivity index (χ4v) is 6.39. The lowest BCUT2D eigenvalue weighted by molar-refractivity contribution is -0.135. The summed E-state index contributed by atoms with van der Waals surface area (Å²) < 4.78 is 12.2. The summed E-state index contributed by atoms with van der Waals surface area (Å²) in [6, 6.07) is 6.73. The number of pyridine rings is 1. The number of methoxy groups -OCH3 is 1. The van der Waals surface area contributed by atoms with Gasteiger partial charge in [-0.25, -0.2) is 14.6 Å². The number of aromatic carboxylic acids is 1. The summed E-state index contributed by atoms with van der Waals surface area (Å²) >= 11 is 2.17. The number of amides is 1. The Hall–Kier alpha value is -4.43. The van der Waals surface area contributed by atoms with Gasteiger partial charge in [-0.1, -0.05) is 6.08 Å². The molecule has 0 saturated carbocycles. The highest BCUT2D eigenvalue weighted by molar-refractivity contribution is 8.18. The van der Waals surface area contributed by atoms with Crippen LogP contribution in [-0.4, -0.2) is 62.2 Å². The number of allylic oxidation sites excluding steroid dienone is 1. The van der Waals surface area contributed by atoms with Crippen LogP contribution >= 0.6 is 23.5 Å². The average Bonchev–Trinajstić information content (AvgIpc) is 3.44. The lowest BCUT2D eigenvalue weighted by Crippen LogP contribution is -2.27. The van der Waals surface area contributed by atoms with E-state index >= 15 is 0 Å². The number of thioether (sulfide) groups is 2. The Bertz CT molecular complexity index is 1770. The molecule has 12 nitrogen and oxygen atoms in total. The first-order chi connectivity index (χ1) is 20.0. The van der Waals surface area contributed by atoms with Crippen LogP contribution in [0.2, 0.25) is 0 Å². The highest BCUT2D eigenvalue weighted by Gasteiger charge is 2.34. The van der Waals surface area contributed by atoms with Crippen molar-refractivity contribution in [2.45, 2.75) is 31.3 Å². The fraction of sp³-hybridized carbons (Fsp3) is 0.250. The molecule has 5 rings (SSSR count). The molecule has 42 heavy (non-hydrogen) atoms. The van der Waals surface area contributed by atoms with Crippen molar-refractivity contribution < 1.29 is 34.1 Å². The molecule has 1 amide bonds. The van der Waals surface area contributed by atoms with Gasteiger partial charge in [0.15, 0.2) is 5.69 Å². The number of aromatic nitrogens is 2. The molecular weight excluding hydrogens is 582 g/mol. The SMILES string of the molecule is CCOc1cc2c3c(c1)c(N=NC1=NC(=O)C(=CC(=O)OC)S1)c(O)n3C(C)(C)C=C2CSc1ncccc1C(=O)O. The summed E-state index contributed by atoms with van der Waals surface area (Å²) in [4.78, 5) is 43.6. The molecule has 0 saturated heterocycles. The molecule has 216 valence electrons. The van der Waals surface area contributed by atoms with Gasteiger partial charge in [-0.05, 0) is 62.4 Å². The third kappa shape index (κ3) is 5.42. The van der Waals surface area contributed by atoms with Gasteiger partial charge < -0.3 is 24.3 Å². The predicted octanol–water partition coefficient (Wildman–Crippen LogP) is 5.53. The minimum absolute atomic E-state index is 0.00517. The van der Waals surface area contributed by atoms with Crippen molar-refractivity contribution in [2.24, 2.45) is 15.2 Å². The highest BCUT2D eigenvalue weighted by atomic mass is 32.2. The summed E-state index contributed by atoms with van der Waals surface area (Å²) in [5.41, 5.74) is 1.92. The molecule has 0 aliphatic carbocycles. The molecule has 0 atom stereocenters. The highest BCUT2D eigenvalue weighted by Crippen LogP contribution is 2.50. The zero-order valence-corrected chi connectivity index (χ0v) is 24.6. The van der Waals surface area contributed by atoms with Gasteiger partial charge >= 0.3 is 11.9 Å². The van der Waals surface area contributed by atoms with Crippen molar-refractivity contribution in [1.29, 1.82) is 0 Å². The van der Waals surface area contributed by atoms with Crippen LogP contribution in [0.5, 0.6) is 11.6 Å². The summed E-state index contributed by atoms with van der Waals surface area (Å²) in [5, 5.41) is 30.4. The van der Waals surface area contributed by atoms with Crippen molar-refractivity contribution in [3.8, 4) is 11.6 Å². The number of hydrogen-bond donors (Lipinski definition) is 2. The third-order valence-electron chi connectivity index (χ3n) is 6.41. The van der Waals surface area contributed by atoms with E-state index in [1.165, 1.54) is 24.9 Å². The Balaban J connectivity index is 1.57. The largest absolute Gasteiger partial charge is 0.494 e. The number of carbonyl (C=O) groups excluding carboxylic acids is 2. The van der Waals surface area contributed by atoms with Crippen molar-refractivity contribution >= 4 is 68.7 Å². The predicted molar refractivity (Wildman–Crippen MR) is 159 cm³/mol. The maximum Gasteiger partial charge on any atom is 0.338 e.